The van der Waals surface area contributed by atoms with E-state index in [4.69, 9.17) is 5.73 Å². The van der Waals surface area contributed by atoms with Gasteiger partial charge < -0.3 is 11.1 Å². The van der Waals surface area contributed by atoms with E-state index in [1.807, 2.05) is 0 Å². The summed E-state index contributed by atoms with van der Waals surface area (Å²) < 4.78 is 13.6. The van der Waals surface area contributed by atoms with Gasteiger partial charge in [0.25, 0.3) is 5.91 Å². The average Bonchev–Trinajstić information content (AvgIpc) is 2.32. The van der Waals surface area contributed by atoms with Crippen molar-refractivity contribution in [3.63, 3.8) is 0 Å². The highest BCUT2D eigenvalue weighted by Crippen LogP contribution is 2.17. The minimum atomic E-state index is -1.14. The molecule has 1 aromatic carbocycles. The van der Waals surface area contributed by atoms with Gasteiger partial charge >= 0.3 is 0 Å². The Bertz CT molecular complexity index is 493. The van der Waals surface area contributed by atoms with Gasteiger partial charge in [-0.25, -0.2) is 4.39 Å². The highest BCUT2D eigenvalue weighted by Gasteiger charge is 2.31. The Hall–Kier alpha value is -1.43. The van der Waals surface area contributed by atoms with E-state index in [0.29, 0.717) is 6.42 Å². The van der Waals surface area contributed by atoms with Crippen molar-refractivity contribution in [1.29, 1.82) is 0 Å². The molecule has 18 heavy (non-hydrogen) atoms. The molecule has 2 amide bonds. The predicted octanol–water partition coefficient (Wildman–Crippen LogP) is 1.97. The highest BCUT2D eigenvalue weighted by atomic mass is 79.9. The Morgan fingerprint density at radius 3 is 2.56 bits per heavy atom. The fourth-order valence-electron chi connectivity index (χ4n) is 1.28. The molecule has 0 heterocycles. The molecular weight excluding hydrogens is 303 g/mol. The third-order valence-corrected chi connectivity index (χ3v) is 3.47. The molecule has 6 heteroatoms. The lowest BCUT2D eigenvalue weighted by atomic mass is 9.97. The van der Waals surface area contributed by atoms with Gasteiger partial charge in [-0.2, -0.15) is 0 Å². The third kappa shape index (κ3) is 3.07. The van der Waals surface area contributed by atoms with Crippen molar-refractivity contribution in [2.45, 2.75) is 25.8 Å². The monoisotopic (exact) mass is 316 g/mol. The van der Waals surface area contributed by atoms with Crippen molar-refractivity contribution >= 4 is 27.7 Å². The van der Waals surface area contributed by atoms with Crippen LogP contribution >= 0.6 is 15.9 Å². The molecule has 1 rings (SSSR count). The van der Waals surface area contributed by atoms with Crippen LogP contribution in [0.25, 0.3) is 0 Å². The Morgan fingerprint density at radius 2 is 2.11 bits per heavy atom. The van der Waals surface area contributed by atoms with Crippen molar-refractivity contribution < 1.29 is 14.0 Å². The van der Waals surface area contributed by atoms with E-state index < -0.39 is 23.2 Å². The number of hydrogen-bond acceptors (Lipinski definition) is 2. The lowest BCUT2D eigenvalue weighted by Gasteiger charge is -2.25. The van der Waals surface area contributed by atoms with E-state index >= 15 is 0 Å². The molecule has 0 saturated carbocycles. The average molecular weight is 317 g/mol. The van der Waals surface area contributed by atoms with Crippen LogP contribution in [-0.4, -0.2) is 17.4 Å². The molecule has 1 atom stereocenters. The lowest BCUT2D eigenvalue weighted by Crippen LogP contribution is -2.54. The molecule has 98 valence electrons. The first-order valence-corrected chi connectivity index (χ1v) is 6.17. The molecule has 0 bridgehead atoms. The summed E-state index contributed by atoms with van der Waals surface area (Å²) in [6, 6.07) is 3.98. The Morgan fingerprint density at radius 1 is 1.50 bits per heavy atom. The van der Waals surface area contributed by atoms with Gasteiger partial charge in [0.05, 0.1) is 4.47 Å². The number of hydrogen-bond donors (Lipinski definition) is 2. The van der Waals surface area contributed by atoms with Crippen molar-refractivity contribution in [1.82, 2.24) is 5.32 Å². The first-order chi connectivity index (χ1) is 8.30. The minimum Gasteiger partial charge on any atom is -0.368 e. The summed E-state index contributed by atoms with van der Waals surface area (Å²) in [4.78, 5) is 23.2. The molecule has 1 unspecified atom stereocenters. The molecule has 0 saturated heterocycles. The van der Waals surface area contributed by atoms with Crippen LogP contribution in [-0.2, 0) is 4.79 Å². The van der Waals surface area contributed by atoms with Crippen LogP contribution in [0.3, 0.4) is 0 Å². The Balaban J connectivity index is 2.95. The summed E-state index contributed by atoms with van der Waals surface area (Å²) in [7, 11) is 0. The van der Waals surface area contributed by atoms with Gasteiger partial charge in [-0.05, 0) is 47.5 Å². The number of nitrogens with two attached hydrogens (primary N) is 1. The van der Waals surface area contributed by atoms with Gasteiger partial charge in [-0.15, -0.1) is 0 Å². The number of rotatable bonds is 4. The molecule has 0 aliphatic carbocycles. The van der Waals surface area contributed by atoms with E-state index in [9.17, 15) is 14.0 Å². The van der Waals surface area contributed by atoms with Gasteiger partial charge in [0.1, 0.15) is 11.4 Å². The Labute approximate surface area is 113 Å². The fourth-order valence-corrected chi connectivity index (χ4v) is 1.53. The number of benzene rings is 1. The fraction of sp³-hybridized carbons (Fsp3) is 0.333. The van der Waals surface area contributed by atoms with Crippen LogP contribution in [0.5, 0.6) is 0 Å². The molecule has 0 spiro atoms. The second-order valence-corrected chi connectivity index (χ2v) is 4.99. The zero-order chi connectivity index (χ0) is 13.9. The van der Waals surface area contributed by atoms with E-state index in [-0.39, 0.29) is 10.0 Å². The van der Waals surface area contributed by atoms with E-state index in [0.717, 1.165) is 6.07 Å². The van der Waals surface area contributed by atoms with Crippen molar-refractivity contribution in [3.8, 4) is 0 Å². The largest absolute Gasteiger partial charge is 0.368 e. The molecule has 0 aromatic heterocycles. The molecule has 0 aliphatic heterocycles. The zero-order valence-electron chi connectivity index (χ0n) is 10.1. The summed E-state index contributed by atoms with van der Waals surface area (Å²) in [6.45, 7) is 3.26. The number of nitrogens with one attached hydrogen (secondary N) is 1. The first-order valence-electron chi connectivity index (χ1n) is 5.37. The maximum absolute atomic E-state index is 13.3. The van der Waals surface area contributed by atoms with Crippen LogP contribution in [0, 0.1) is 5.82 Å². The van der Waals surface area contributed by atoms with Crippen LogP contribution in [0.4, 0.5) is 4.39 Å². The normalized spacial score (nSPS) is 13.8. The first kappa shape index (κ1) is 14.6. The number of primary amides is 1. The summed E-state index contributed by atoms with van der Waals surface area (Å²) in [5.41, 5.74) is 4.22. The summed E-state index contributed by atoms with van der Waals surface area (Å²) >= 11 is 3.00. The lowest BCUT2D eigenvalue weighted by molar-refractivity contribution is -0.123. The second-order valence-electron chi connectivity index (χ2n) is 4.13. The van der Waals surface area contributed by atoms with Crippen molar-refractivity contribution in [2.24, 2.45) is 5.73 Å². The molecule has 0 aliphatic rings. The molecule has 1 aromatic rings. The maximum Gasteiger partial charge on any atom is 0.252 e. The van der Waals surface area contributed by atoms with Crippen LogP contribution in [0.2, 0.25) is 0 Å². The summed E-state index contributed by atoms with van der Waals surface area (Å²) in [5.74, 6) is -1.71. The molecule has 0 fully saturated rings. The zero-order valence-corrected chi connectivity index (χ0v) is 11.7. The van der Waals surface area contributed by atoms with Gasteiger partial charge in [0.2, 0.25) is 5.91 Å². The van der Waals surface area contributed by atoms with Gasteiger partial charge in [-0.3, -0.25) is 9.59 Å². The molecular formula is C12H14BrFN2O2. The van der Waals surface area contributed by atoms with Crippen LogP contribution in [0.1, 0.15) is 30.6 Å². The number of amides is 2. The molecule has 4 nitrogen and oxygen atoms in total. The van der Waals surface area contributed by atoms with E-state index in [2.05, 4.69) is 21.2 Å². The summed E-state index contributed by atoms with van der Waals surface area (Å²) in [5, 5.41) is 2.51. The molecule has 3 N–H and O–H groups in total. The predicted molar refractivity (Wildman–Crippen MR) is 69.5 cm³/mol. The molecule has 0 radical (unpaired) electrons. The number of halogens is 2. The van der Waals surface area contributed by atoms with Crippen LogP contribution in [0.15, 0.2) is 22.7 Å². The summed E-state index contributed by atoms with van der Waals surface area (Å²) in [6.07, 6.45) is 0.354. The topological polar surface area (TPSA) is 72.2 Å². The quantitative estimate of drug-likeness (QED) is 0.891. The second kappa shape index (κ2) is 5.48. The van der Waals surface area contributed by atoms with Crippen LogP contribution < -0.4 is 11.1 Å². The number of carbonyl (C=O) groups excluding carboxylic acids is 2. The Kier molecular flexibility index (Phi) is 4.45. The number of carbonyl (C=O) groups is 2. The van der Waals surface area contributed by atoms with Crippen molar-refractivity contribution in [2.75, 3.05) is 0 Å². The smallest absolute Gasteiger partial charge is 0.252 e. The third-order valence-electron chi connectivity index (χ3n) is 2.82. The minimum absolute atomic E-state index is 0.136. The standard InChI is InChI=1S/C12H14BrFN2O2/c1-3-12(2,11(15)18)16-10(17)7-4-5-8(13)9(14)6-7/h4-6H,3H2,1-2H3,(H2,15,18)(H,16,17). The van der Waals surface area contributed by atoms with Gasteiger partial charge in [0, 0.05) is 5.56 Å². The van der Waals surface area contributed by atoms with Crippen molar-refractivity contribution in [3.05, 3.63) is 34.1 Å². The highest BCUT2D eigenvalue weighted by molar-refractivity contribution is 9.10. The maximum atomic E-state index is 13.3. The SMILES string of the molecule is CCC(C)(NC(=O)c1ccc(Br)c(F)c1)C(N)=O. The van der Waals surface area contributed by atoms with Gasteiger partial charge in [0.15, 0.2) is 0 Å². The van der Waals surface area contributed by atoms with Gasteiger partial charge in [-0.1, -0.05) is 6.92 Å². The van der Waals surface area contributed by atoms with E-state index in [1.165, 1.54) is 19.1 Å². The van der Waals surface area contributed by atoms with E-state index in [1.54, 1.807) is 6.92 Å².